The van der Waals surface area contributed by atoms with Crippen molar-refractivity contribution in [2.45, 2.75) is 20.8 Å². The first-order chi connectivity index (χ1) is 11.5. The number of pyridine rings is 1. The molecule has 4 aromatic rings. The number of methoxy groups -OCH3 is 1. The lowest BCUT2D eigenvalue weighted by atomic mass is 10.2. The summed E-state index contributed by atoms with van der Waals surface area (Å²) in [4.78, 5) is 9.29. The van der Waals surface area contributed by atoms with Crippen LogP contribution in [0.25, 0.3) is 28.2 Å². The Balaban J connectivity index is 2.18. The zero-order chi connectivity index (χ0) is 17.0. The van der Waals surface area contributed by atoms with Gasteiger partial charge in [-0.25, -0.2) is 4.98 Å². The van der Waals surface area contributed by atoms with Crippen LogP contribution in [0.1, 0.15) is 17.1 Å². The van der Waals surface area contributed by atoms with E-state index in [0.717, 1.165) is 28.5 Å². The fourth-order valence-corrected chi connectivity index (χ4v) is 2.98. The maximum Gasteiger partial charge on any atom is 0.215 e. The van der Waals surface area contributed by atoms with Crippen LogP contribution in [-0.4, -0.2) is 41.5 Å². The van der Waals surface area contributed by atoms with Crippen molar-refractivity contribution in [1.82, 2.24) is 34.3 Å². The largest absolute Gasteiger partial charge is 0.481 e. The number of aryl methyl sites for hydroxylation is 3. The number of ether oxygens (including phenoxy) is 1. The number of fused-ring (bicyclic) bond motifs is 3. The monoisotopic (exact) mass is 323 g/mol. The molecule has 0 saturated carbocycles. The molecule has 0 aliphatic heterocycles. The molecule has 0 aliphatic carbocycles. The molecule has 24 heavy (non-hydrogen) atoms. The van der Waals surface area contributed by atoms with Crippen LogP contribution < -0.4 is 4.74 Å². The molecule has 8 heteroatoms. The molecule has 0 aliphatic rings. The lowest BCUT2D eigenvalue weighted by Crippen LogP contribution is -2.01. The van der Waals surface area contributed by atoms with E-state index in [1.807, 2.05) is 43.0 Å². The zero-order valence-corrected chi connectivity index (χ0v) is 14.2. The van der Waals surface area contributed by atoms with Gasteiger partial charge >= 0.3 is 0 Å². The Morgan fingerprint density at radius 3 is 2.42 bits per heavy atom. The first-order valence-corrected chi connectivity index (χ1v) is 7.58. The Morgan fingerprint density at radius 2 is 1.75 bits per heavy atom. The Labute approximate surface area is 138 Å². The van der Waals surface area contributed by atoms with Crippen LogP contribution in [0.3, 0.4) is 0 Å². The summed E-state index contributed by atoms with van der Waals surface area (Å²) in [5, 5.41) is 13.1. The van der Waals surface area contributed by atoms with Crippen molar-refractivity contribution < 1.29 is 4.74 Å². The summed E-state index contributed by atoms with van der Waals surface area (Å²) in [5.41, 5.74) is 5.76. The SMILES string of the molecule is COc1ccc2nnc3c(C)nc(-c4c(C)nn(C)c4C)n3c2n1. The summed E-state index contributed by atoms with van der Waals surface area (Å²) in [7, 11) is 3.52. The van der Waals surface area contributed by atoms with Gasteiger partial charge in [-0.15, -0.1) is 10.2 Å². The van der Waals surface area contributed by atoms with E-state index < -0.39 is 0 Å². The lowest BCUT2D eigenvalue weighted by Gasteiger charge is -2.06. The molecule has 4 rings (SSSR count). The van der Waals surface area contributed by atoms with E-state index >= 15 is 0 Å². The van der Waals surface area contributed by atoms with Gasteiger partial charge in [0.2, 0.25) is 5.88 Å². The number of imidazole rings is 1. The normalized spacial score (nSPS) is 11.5. The minimum absolute atomic E-state index is 0.522. The minimum atomic E-state index is 0.522. The highest BCUT2D eigenvalue weighted by Crippen LogP contribution is 2.29. The van der Waals surface area contributed by atoms with E-state index in [-0.39, 0.29) is 0 Å². The Morgan fingerprint density at radius 1 is 0.958 bits per heavy atom. The van der Waals surface area contributed by atoms with Crippen molar-refractivity contribution in [3.05, 3.63) is 29.2 Å². The summed E-state index contributed by atoms with van der Waals surface area (Å²) in [5.74, 6) is 1.29. The van der Waals surface area contributed by atoms with E-state index in [0.29, 0.717) is 22.7 Å². The first-order valence-electron chi connectivity index (χ1n) is 7.58. The third-order valence-electron chi connectivity index (χ3n) is 4.26. The maximum atomic E-state index is 5.27. The molecule has 8 nitrogen and oxygen atoms in total. The van der Waals surface area contributed by atoms with E-state index in [1.165, 1.54) is 0 Å². The predicted octanol–water partition coefficient (Wildman–Crippen LogP) is 2.01. The van der Waals surface area contributed by atoms with Gasteiger partial charge in [-0.2, -0.15) is 10.1 Å². The molecule has 4 heterocycles. The Hall–Kier alpha value is -3.03. The van der Waals surface area contributed by atoms with Crippen molar-refractivity contribution in [3.8, 4) is 17.3 Å². The number of hydrogen-bond acceptors (Lipinski definition) is 6. The molecule has 0 N–H and O–H groups in total. The minimum Gasteiger partial charge on any atom is -0.481 e. The summed E-state index contributed by atoms with van der Waals surface area (Å²) >= 11 is 0. The quantitative estimate of drug-likeness (QED) is 0.561. The molecule has 0 saturated heterocycles. The molecule has 0 radical (unpaired) electrons. The average Bonchev–Trinajstić information content (AvgIpc) is 3.03. The van der Waals surface area contributed by atoms with Crippen LogP contribution in [0.5, 0.6) is 5.88 Å². The molecule has 0 bridgehead atoms. The fraction of sp³-hybridized carbons (Fsp3) is 0.312. The molecular weight excluding hydrogens is 306 g/mol. The van der Waals surface area contributed by atoms with Crippen LogP contribution in [0, 0.1) is 20.8 Å². The summed E-state index contributed by atoms with van der Waals surface area (Å²) in [6.07, 6.45) is 0. The fourth-order valence-electron chi connectivity index (χ4n) is 2.98. The maximum absolute atomic E-state index is 5.27. The summed E-state index contributed by atoms with van der Waals surface area (Å²) in [6, 6.07) is 3.61. The molecule has 0 fully saturated rings. The average molecular weight is 323 g/mol. The van der Waals surface area contributed by atoms with Gasteiger partial charge in [0.1, 0.15) is 5.52 Å². The number of aromatic nitrogens is 7. The molecule has 122 valence electrons. The highest BCUT2D eigenvalue weighted by Gasteiger charge is 2.21. The van der Waals surface area contributed by atoms with E-state index in [1.54, 1.807) is 13.2 Å². The second kappa shape index (κ2) is 4.98. The van der Waals surface area contributed by atoms with Crippen molar-refractivity contribution in [2.75, 3.05) is 7.11 Å². The summed E-state index contributed by atoms with van der Waals surface area (Å²) < 4.78 is 9.05. The third kappa shape index (κ3) is 1.89. The predicted molar refractivity (Wildman–Crippen MR) is 89.0 cm³/mol. The molecule has 4 aromatic heterocycles. The first kappa shape index (κ1) is 14.6. The van der Waals surface area contributed by atoms with Crippen molar-refractivity contribution in [3.63, 3.8) is 0 Å². The van der Waals surface area contributed by atoms with Gasteiger partial charge < -0.3 is 4.74 Å². The van der Waals surface area contributed by atoms with Crippen molar-refractivity contribution in [2.24, 2.45) is 7.05 Å². The van der Waals surface area contributed by atoms with Crippen LogP contribution in [0.4, 0.5) is 0 Å². The molecular formula is C16H17N7O. The number of hydrogen-bond donors (Lipinski definition) is 0. The second-order valence-electron chi connectivity index (χ2n) is 5.75. The summed E-state index contributed by atoms with van der Waals surface area (Å²) in [6.45, 7) is 5.92. The van der Waals surface area contributed by atoms with Gasteiger partial charge in [0.25, 0.3) is 0 Å². The van der Waals surface area contributed by atoms with Crippen LogP contribution in [-0.2, 0) is 7.05 Å². The van der Waals surface area contributed by atoms with Crippen molar-refractivity contribution >= 4 is 16.8 Å². The van der Waals surface area contributed by atoms with E-state index in [9.17, 15) is 0 Å². The molecule has 0 atom stereocenters. The van der Waals surface area contributed by atoms with Crippen LogP contribution in [0.2, 0.25) is 0 Å². The second-order valence-corrected chi connectivity index (χ2v) is 5.75. The van der Waals surface area contributed by atoms with E-state index in [2.05, 4.69) is 20.3 Å². The smallest absolute Gasteiger partial charge is 0.215 e. The van der Waals surface area contributed by atoms with Crippen molar-refractivity contribution in [1.29, 1.82) is 0 Å². The standard InChI is InChI=1S/C16H17N7O/c1-8-13(10(3)22(4)21-8)16-17-9(2)14-20-19-11-6-7-12(24-5)18-15(11)23(14)16/h6-7H,1-5H3. The Bertz CT molecular complexity index is 1090. The van der Waals surface area contributed by atoms with Gasteiger partial charge in [-0.05, 0) is 26.8 Å². The number of rotatable bonds is 2. The molecule has 0 unspecified atom stereocenters. The highest BCUT2D eigenvalue weighted by atomic mass is 16.5. The van der Waals surface area contributed by atoms with Gasteiger partial charge in [0, 0.05) is 18.8 Å². The van der Waals surface area contributed by atoms with Crippen LogP contribution >= 0.6 is 0 Å². The number of nitrogens with zero attached hydrogens (tertiary/aromatic N) is 7. The van der Waals surface area contributed by atoms with Crippen LogP contribution in [0.15, 0.2) is 12.1 Å². The molecule has 0 amide bonds. The lowest BCUT2D eigenvalue weighted by molar-refractivity contribution is 0.399. The van der Waals surface area contributed by atoms with Gasteiger partial charge in [0.15, 0.2) is 17.1 Å². The zero-order valence-electron chi connectivity index (χ0n) is 14.2. The van der Waals surface area contributed by atoms with E-state index in [4.69, 9.17) is 9.72 Å². The Kier molecular flexibility index (Phi) is 3.02. The topological polar surface area (TPSA) is 83.0 Å². The molecule has 0 aromatic carbocycles. The van der Waals surface area contributed by atoms with Gasteiger partial charge in [-0.3, -0.25) is 9.08 Å². The molecule has 0 spiro atoms. The highest BCUT2D eigenvalue weighted by molar-refractivity contribution is 5.78. The van der Waals surface area contributed by atoms with Gasteiger partial charge in [0.05, 0.1) is 24.1 Å². The van der Waals surface area contributed by atoms with Gasteiger partial charge in [-0.1, -0.05) is 0 Å². The third-order valence-corrected chi connectivity index (χ3v) is 4.26.